The van der Waals surface area contributed by atoms with E-state index in [1.54, 1.807) is 24.5 Å². The van der Waals surface area contributed by atoms with Gasteiger partial charge in [-0.05, 0) is 44.4 Å². The van der Waals surface area contributed by atoms with E-state index in [0.717, 1.165) is 19.3 Å². The number of amides is 4. The van der Waals surface area contributed by atoms with E-state index in [9.17, 15) is 14.4 Å². The lowest BCUT2D eigenvalue weighted by Gasteiger charge is -2.28. The Morgan fingerprint density at radius 3 is 2.73 bits per heavy atom. The first-order valence-electron chi connectivity index (χ1n) is 10.6. The van der Waals surface area contributed by atoms with E-state index in [4.69, 9.17) is 0 Å². The second-order valence-electron chi connectivity index (χ2n) is 7.59. The van der Waals surface area contributed by atoms with Crippen molar-refractivity contribution in [1.82, 2.24) is 15.6 Å². The van der Waals surface area contributed by atoms with Gasteiger partial charge in [0.15, 0.2) is 0 Å². The van der Waals surface area contributed by atoms with Gasteiger partial charge in [-0.25, -0.2) is 19.7 Å². The van der Waals surface area contributed by atoms with Crippen LogP contribution in [0, 0.1) is 0 Å². The maximum Gasteiger partial charge on any atom is 0.332 e. The molecule has 0 bridgehead atoms. The molecule has 1 aliphatic carbocycles. The number of aliphatic imine (C=N–C) groups is 1. The maximum atomic E-state index is 13.2. The fourth-order valence-electron chi connectivity index (χ4n) is 4.11. The van der Waals surface area contributed by atoms with Gasteiger partial charge >= 0.3 is 6.03 Å². The number of carbonyl (C=O) groups is 3. The number of allylic oxidation sites excluding steroid dienone is 1. The third-order valence-electron chi connectivity index (χ3n) is 5.57. The number of hydrogen-bond acceptors (Lipinski definition) is 6. The van der Waals surface area contributed by atoms with Crippen molar-refractivity contribution in [1.29, 1.82) is 0 Å². The van der Waals surface area contributed by atoms with Crippen molar-refractivity contribution in [3.63, 3.8) is 0 Å². The van der Waals surface area contributed by atoms with Gasteiger partial charge in [-0.1, -0.05) is 19.2 Å². The third-order valence-corrected chi connectivity index (χ3v) is 6.66. The van der Waals surface area contributed by atoms with Crippen LogP contribution in [-0.4, -0.2) is 40.7 Å². The summed E-state index contributed by atoms with van der Waals surface area (Å²) < 4.78 is 0. The number of nitrogens with zero attached hydrogens (tertiary/aromatic N) is 3. The quantitative estimate of drug-likeness (QED) is 0.343. The van der Waals surface area contributed by atoms with E-state index in [1.165, 1.54) is 28.4 Å². The smallest absolute Gasteiger partial charge is 0.332 e. The van der Waals surface area contributed by atoms with E-state index >= 15 is 0 Å². The first kappa shape index (κ1) is 22.4. The summed E-state index contributed by atoms with van der Waals surface area (Å²) >= 11 is 1.21. The van der Waals surface area contributed by atoms with Crippen molar-refractivity contribution in [2.45, 2.75) is 38.3 Å². The molecule has 9 nitrogen and oxygen atoms in total. The molecule has 4 amide bonds. The maximum absolute atomic E-state index is 13.2. The molecule has 2 unspecified atom stereocenters. The molecular weight excluding hydrogens is 440 g/mol. The molecule has 2 aromatic heterocycles. The van der Waals surface area contributed by atoms with E-state index in [1.807, 2.05) is 6.92 Å². The number of nitrogens with one attached hydrogen (secondary N) is 3. The molecule has 1 aliphatic heterocycles. The lowest BCUT2D eigenvalue weighted by molar-refractivity contribution is -0.117. The zero-order chi connectivity index (χ0) is 23.5. The Balaban J connectivity index is 1.68. The van der Waals surface area contributed by atoms with Crippen molar-refractivity contribution in [2.75, 3.05) is 10.2 Å². The van der Waals surface area contributed by atoms with Gasteiger partial charge in [-0.15, -0.1) is 11.3 Å². The topological polar surface area (TPSA) is 116 Å². The Bertz CT molecular complexity index is 1210. The van der Waals surface area contributed by atoms with Crippen LogP contribution in [0.1, 0.15) is 35.9 Å². The molecule has 2 aromatic rings. The summed E-state index contributed by atoms with van der Waals surface area (Å²) in [6.45, 7) is 9.07. The standard InChI is InChI=1S/C23H24N6O3S/c1-4-11-24-16(5-2)29-15-10-12-25-22-18(15)19(28-23(29)32)20(33-22)21(31)27-14-9-7-8-13(14)26-17(30)6-3/h4-6,10-14H,2-3,7-9H2,1H3,(H,26,30)(H,27,31)(H,28,32)/b11-4-,24-16?. The summed E-state index contributed by atoms with van der Waals surface area (Å²) in [5.41, 5.74) is 1.00. The predicted molar refractivity (Wildman–Crippen MR) is 131 cm³/mol. The summed E-state index contributed by atoms with van der Waals surface area (Å²) in [4.78, 5) is 49.1. The Labute approximate surface area is 195 Å². The van der Waals surface area contributed by atoms with Crippen molar-refractivity contribution in [2.24, 2.45) is 4.99 Å². The molecular formula is C23H24N6O3S. The van der Waals surface area contributed by atoms with Crippen molar-refractivity contribution in [3.05, 3.63) is 54.7 Å². The van der Waals surface area contributed by atoms with Gasteiger partial charge in [0, 0.05) is 24.5 Å². The number of carbonyl (C=O) groups excluding carboxylic acids is 3. The lowest BCUT2D eigenvalue weighted by atomic mass is 10.1. The van der Waals surface area contributed by atoms with E-state index < -0.39 is 6.03 Å². The van der Waals surface area contributed by atoms with Gasteiger partial charge in [0.2, 0.25) is 5.91 Å². The van der Waals surface area contributed by atoms with Crippen molar-refractivity contribution >= 4 is 56.6 Å². The summed E-state index contributed by atoms with van der Waals surface area (Å²) in [5.74, 6) is -0.228. The Kier molecular flexibility index (Phi) is 6.36. The van der Waals surface area contributed by atoms with Crippen LogP contribution in [0.25, 0.3) is 10.2 Å². The van der Waals surface area contributed by atoms with Gasteiger partial charge in [0.25, 0.3) is 5.91 Å². The van der Waals surface area contributed by atoms with Gasteiger partial charge in [-0.3, -0.25) is 9.59 Å². The summed E-state index contributed by atoms with van der Waals surface area (Å²) in [6, 6.07) is 0.901. The normalized spacial score (nSPS) is 20.1. The first-order chi connectivity index (χ1) is 16.0. The molecule has 33 heavy (non-hydrogen) atoms. The lowest BCUT2D eigenvalue weighted by Crippen LogP contribution is -2.48. The Hall–Kier alpha value is -3.79. The van der Waals surface area contributed by atoms with Crippen LogP contribution in [0.5, 0.6) is 0 Å². The highest BCUT2D eigenvalue weighted by molar-refractivity contribution is 7.21. The number of pyridine rings is 1. The minimum Gasteiger partial charge on any atom is -0.348 e. The highest BCUT2D eigenvalue weighted by Gasteiger charge is 2.35. The number of thiophene rings is 1. The number of aromatic nitrogens is 1. The summed E-state index contributed by atoms with van der Waals surface area (Å²) in [6.07, 6.45) is 10.1. The van der Waals surface area contributed by atoms with Crippen LogP contribution in [0.2, 0.25) is 0 Å². The highest BCUT2D eigenvalue weighted by Crippen LogP contribution is 2.43. The average Bonchev–Trinajstić information content (AvgIpc) is 3.40. The van der Waals surface area contributed by atoms with Crippen molar-refractivity contribution < 1.29 is 14.4 Å². The Morgan fingerprint density at radius 2 is 2.03 bits per heavy atom. The van der Waals surface area contributed by atoms with E-state index in [0.29, 0.717) is 32.3 Å². The average molecular weight is 465 g/mol. The molecule has 4 rings (SSSR count). The molecule has 0 radical (unpaired) electrons. The van der Waals surface area contributed by atoms with Crippen LogP contribution in [0.3, 0.4) is 0 Å². The van der Waals surface area contributed by atoms with E-state index in [2.05, 4.69) is 39.1 Å². The fraction of sp³-hybridized carbons (Fsp3) is 0.261. The molecule has 0 saturated heterocycles. The fourth-order valence-corrected chi connectivity index (χ4v) is 5.13. The van der Waals surface area contributed by atoms with Crippen LogP contribution in [0.4, 0.5) is 16.2 Å². The molecule has 3 heterocycles. The van der Waals surface area contributed by atoms with Crippen LogP contribution < -0.4 is 20.9 Å². The summed E-state index contributed by atoms with van der Waals surface area (Å²) in [7, 11) is 0. The minimum absolute atomic E-state index is 0.165. The zero-order valence-electron chi connectivity index (χ0n) is 18.1. The molecule has 2 atom stereocenters. The number of rotatable bonds is 6. The molecule has 1 fully saturated rings. The zero-order valence-corrected chi connectivity index (χ0v) is 18.9. The summed E-state index contributed by atoms with van der Waals surface area (Å²) in [5, 5.41) is 9.40. The predicted octanol–water partition coefficient (Wildman–Crippen LogP) is 3.72. The number of hydrogen-bond donors (Lipinski definition) is 3. The number of anilines is 2. The molecule has 2 aliphatic rings. The molecule has 1 saturated carbocycles. The third kappa shape index (κ3) is 4.17. The van der Waals surface area contributed by atoms with E-state index in [-0.39, 0.29) is 23.9 Å². The molecule has 0 spiro atoms. The first-order valence-corrected chi connectivity index (χ1v) is 11.4. The van der Waals surface area contributed by atoms with Gasteiger partial charge in [0.05, 0.1) is 16.8 Å². The van der Waals surface area contributed by atoms with Gasteiger partial charge in [0.1, 0.15) is 15.5 Å². The monoisotopic (exact) mass is 464 g/mol. The second kappa shape index (κ2) is 9.37. The van der Waals surface area contributed by atoms with Crippen molar-refractivity contribution in [3.8, 4) is 0 Å². The van der Waals surface area contributed by atoms with Crippen LogP contribution >= 0.6 is 11.3 Å². The largest absolute Gasteiger partial charge is 0.348 e. The highest BCUT2D eigenvalue weighted by atomic mass is 32.1. The van der Waals surface area contributed by atoms with Crippen LogP contribution in [0.15, 0.2) is 54.8 Å². The second-order valence-corrected chi connectivity index (χ2v) is 8.58. The minimum atomic E-state index is -0.442. The molecule has 0 aromatic carbocycles. The van der Waals surface area contributed by atoms with Gasteiger partial charge in [-0.2, -0.15) is 0 Å². The molecule has 3 N–H and O–H groups in total. The number of urea groups is 1. The molecule has 10 heteroatoms. The van der Waals surface area contributed by atoms with Crippen LogP contribution in [-0.2, 0) is 4.79 Å². The Morgan fingerprint density at radius 1 is 1.27 bits per heavy atom. The number of amidine groups is 1. The van der Waals surface area contributed by atoms with Gasteiger partial charge < -0.3 is 16.0 Å². The SMILES string of the molecule is C=CC(=O)NC1CCCC1NC(=O)c1sc2nccc3c2c1NC(=O)N3C(C=C)=N/C=C\C. The molecule has 170 valence electrons.